The first-order valence-corrected chi connectivity index (χ1v) is 8.81. The van der Waals surface area contributed by atoms with E-state index in [1.54, 1.807) is 0 Å². The molecule has 0 spiro atoms. The SMILES string of the molecule is CCC(CC)N1CC(C(=O)NCCOc2ccc(C)cc2)CC1=O. The largest absolute Gasteiger partial charge is 0.492 e. The number of nitrogens with zero attached hydrogens (tertiary/aromatic N) is 1. The molecule has 0 aliphatic carbocycles. The number of hydrogen-bond acceptors (Lipinski definition) is 3. The maximum Gasteiger partial charge on any atom is 0.225 e. The van der Waals surface area contributed by atoms with Gasteiger partial charge in [0.05, 0.1) is 12.5 Å². The number of likely N-dealkylation sites (tertiary alicyclic amines) is 1. The van der Waals surface area contributed by atoms with Crippen molar-refractivity contribution in [1.82, 2.24) is 10.2 Å². The van der Waals surface area contributed by atoms with E-state index in [9.17, 15) is 9.59 Å². The summed E-state index contributed by atoms with van der Waals surface area (Å²) in [6, 6.07) is 8.07. The molecule has 1 unspecified atom stereocenters. The molecule has 0 saturated carbocycles. The minimum atomic E-state index is -0.238. The quantitative estimate of drug-likeness (QED) is 0.744. The van der Waals surface area contributed by atoms with Crippen molar-refractivity contribution in [3.05, 3.63) is 29.8 Å². The minimum absolute atomic E-state index is 0.0516. The molecule has 2 amide bonds. The number of nitrogens with one attached hydrogen (secondary N) is 1. The Labute approximate surface area is 144 Å². The Morgan fingerprint density at radius 3 is 2.58 bits per heavy atom. The van der Waals surface area contributed by atoms with Gasteiger partial charge >= 0.3 is 0 Å². The van der Waals surface area contributed by atoms with Crippen molar-refractivity contribution in [3.63, 3.8) is 0 Å². The smallest absolute Gasteiger partial charge is 0.225 e. The van der Waals surface area contributed by atoms with E-state index < -0.39 is 0 Å². The van der Waals surface area contributed by atoms with Gasteiger partial charge in [0.2, 0.25) is 11.8 Å². The Bertz CT molecular complexity index is 552. The third-order valence-corrected chi connectivity index (χ3v) is 4.60. The summed E-state index contributed by atoms with van der Waals surface area (Å²) in [6.07, 6.45) is 2.18. The number of benzene rings is 1. The van der Waals surface area contributed by atoms with E-state index in [2.05, 4.69) is 19.2 Å². The van der Waals surface area contributed by atoms with Crippen molar-refractivity contribution in [1.29, 1.82) is 0 Å². The van der Waals surface area contributed by atoms with Gasteiger partial charge in [-0.25, -0.2) is 0 Å². The van der Waals surface area contributed by atoms with Crippen molar-refractivity contribution in [3.8, 4) is 5.75 Å². The maximum atomic E-state index is 12.2. The van der Waals surface area contributed by atoms with Crippen LogP contribution in [0, 0.1) is 12.8 Å². The standard InChI is InChI=1S/C19H28N2O3/c1-4-16(5-2)21-13-15(12-18(21)22)19(23)20-10-11-24-17-8-6-14(3)7-9-17/h6-9,15-16H,4-5,10-13H2,1-3H3,(H,20,23). The zero-order chi connectivity index (χ0) is 17.5. The van der Waals surface area contributed by atoms with Crippen molar-refractivity contribution < 1.29 is 14.3 Å². The van der Waals surface area contributed by atoms with Crippen molar-refractivity contribution >= 4 is 11.8 Å². The van der Waals surface area contributed by atoms with Gasteiger partial charge in [0.25, 0.3) is 0 Å². The molecule has 1 saturated heterocycles. The van der Waals surface area contributed by atoms with Gasteiger partial charge in [-0.15, -0.1) is 0 Å². The van der Waals surface area contributed by atoms with Crippen LogP contribution in [0.25, 0.3) is 0 Å². The summed E-state index contributed by atoms with van der Waals surface area (Å²) in [5, 5.41) is 2.88. The van der Waals surface area contributed by atoms with Gasteiger partial charge < -0.3 is 15.0 Å². The van der Waals surface area contributed by atoms with E-state index in [1.165, 1.54) is 5.56 Å². The fourth-order valence-electron chi connectivity index (χ4n) is 3.11. The second-order valence-corrected chi connectivity index (χ2v) is 6.37. The molecule has 1 atom stereocenters. The Hall–Kier alpha value is -2.04. The molecular weight excluding hydrogens is 304 g/mol. The normalized spacial score (nSPS) is 17.4. The molecule has 0 radical (unpaired) electrons. The topological polar surface area (TPSA) is 58.6 Å². The predicted octanol–water partition coefficient (Wildman–Crippen LogP) is 2.53. The van der Waals surface area contributed by atoms with Gasteiger partial charge in [0.15, 0.2) is 0 Å². The van der Waals surface area contributed by atoms with Gasteiger partial charge in [-0.1, -0.05) is 31.5 Å². The molecule has 1 aromatic carbocycles. The minimum Gasteiger partial charge on any atom is -0.492 e. The van der Waals surface area contributed by atoms with Crippen molar-refractivity contribution in [2.45, 2.75) is 46.1 Å². The summed E-state index contributed by atoms with van der Waals surface area (Å²) in [5.74, 6) is 0.604. The summed E-state index contributed by atoms with van der Waals surface area (Å²) >= 11 is 0. The average Bonchev–Trinajstić information content (AvgIpc) is 2.96. The molecule has 0 bridgehead atoms. The van der Waals surface area contributed by atoms with E-state index in [4.69, 9.17) is 4.74 Å². The lowest BCUT2D eigenvalue weighted by molar-refractivity contribution is -0.130. The van der Waals surface area contributed by atoms with Crippen LogP contribution < -0.4 is 10.1 Å². The zero-order valence-electron chi connectivity index (χ0n) is 14.9. The number of ether oxygens (including phenoxy) is 1. The molecule has 1 heterocycles. The van der Waals surface area contributed by atoms with Crippen molar-refractivity contribution in [2.75, 3.05) is 19.7 Å². The number of carbonyl (C=O) groups excluding carboxylic acids is 2. The van der Waals surface area contributed by atoms with E-state index >= 15 is 0 Å². The first-order chi connectivity index (χ1) is 11.5. The van der Waals surface area contributed by atoms with E-state index in [0.717, 1.165) is 18.6 Å². The van der Waals surface area contributed by atoms with E-state index in [-0.39, 0.29) is 23.8 Å². The molecule has 132 valence electrons. The zero-order valence-corrected chi connectivity index (χ0v) is 14.9. The predicted molar refractivity (Wildman–Crippen MR) is 93.9 cm³/mol. The molecule has 1 N–H and O–H groups in total. The third-order valence-electron chi connectivity index (χ3n) is 4.60. The lowest BCUT2D eigenvalue weighted by Crippen LogP contribution is -2.38. The second-order valence-electron chi connectivity index (χ2n) is 6.37. The molecule has 0 aromatic heterocycles. The van der Waals surface area contributed by atoms with Crippen LogP contribution in [0.3, 0.4) is 0 Å². The molecule has 24 heavy (non-hydrogen) atoms. The van der Waals surface area contributed by atoms with Gasteiger partial charge in [-0.2, -0.15) is 0 Å². The average molecular weight is 332 g/mol. The lowest BCUT2D eigenvalue weighted by atomic mass is 10.1. The fourth-order valence-corrected chi connectivity index (χ4v) is 3.11. The number of amides is 2. The summed E-state index contributed by atoms with van der Waals surface area (Å²) in [7, 11) is 0. The third kappa shape index (κ3) is 4.73. The van der Waals surface area contributed by atoms with Gasteiger partial charge in [-0.3, -0.25) is 9.59 Å². The van der Waals surface area contributed by atoms with Crippen LogP contribution in [0.5, 0.6) is 5.75 Å². The van der Waals surface area contributed by atoms with Gasteiger partial charge in [-0.05, 0) is 31.9 Å². The van der Waals surface area contributed by atoms with Crippen LogP contribution >= 0.6 is 0 Å². The van der Waals surface area contributed by atoms with Crippen molar-refractivity contribution in [2.24, 2.45) is 5.92 Å². The first kappa shape index (κ1) is 18.3. The number of rotatable bonds is 8. The Morgan fingerprint density at radius 1 is 1.29 bits per heavy atom. The van der Waals surface area contributed by atoms with Crippen LogP contribution in [-0.2, 0) is 9.59 Å². The van der Waals surface area contributed by atoms with Crippen LogP contribution in [0.15, 0.2) is 24.3 Å². The van der Waals surface area contributed by atoms with Crippen LogP contribution in [-0.4, -0.2) is 42.5 Å². The molecular formula is C19H28N2O3. The number of carbonyl (C=O) groups is 2. The Kier molecular flexibility index (Phi) is 6.64. The molecule has 1 aliphatic heterocycles. The van der Waals surface area contributed by atoms with Gasteiger partial charge in [0.1, 0.15) is 12.4 Å². The second kappa shape index (κ2) is 8.71. The lowest BCUT2D eigenvalue weighted by Gasteiger charge is -2.26. The summed E-state index contributed by atoms with van der Waals surface area (Å²) in [5.41, 5.74) is 1.18. The summed E-state index contributed by atoms with van der Waals surface area (Å²) in [4.78, 5) is 26.2. The Morgan fingerprint density at radius 2 is 1.96 bits per heavy atom. The monoisotopic (exact) mass is 332 g/mol. The van der Waals surface area contributed by atoms with Crippen LogP contribution in [0.1, 0.15) is 38.7 Å². The molecule has 1 aliphatic rings. The summed E-state index contributed by atoms with van der Waals surface area (Å²) in [6.45, 7) is 7.59. The molecule has 2 rings (SSSR count). The molecule has 5 nitrogen and oxygen atoms in total. The van der Waals surface area contributed by atoms with Crippen LogP contribution in [0.4, 0.5) is 0 Å². The van der Waals surface area contributed by atoms with E-state index in [1.807, 2.05) is 36.1 Å². The fraction of sp³-hybridized carbons (Fsp3) is 0.579. The molecule has 1 fully saturated rings. The first-order valence-electron chi connectivity index (χ1n) is 8.81. The maximum absolute atomic E-state index is 12.2. The highest BCUT2D eigenvalue weighted by atomic mass is 16.5. The number of aryl methyl sites for hydroxylation is 1. The summed E-state index contributed by atoms with van der Waals surface area (Å²) < 4.78 is 5.60. The Balaban J connectivity index is 1.73. The highest BCUT2D eigenvalue weighted by Crippen LogP contribution is 2.23. The highest BCUT2D eigenvalue weighted by molar-refractivity contribution is 5.89. The van der Waals surface area contributed by atoms with E-state index in [0.29, 0.717) is 26.1 Å². The van der Waals surface area contributed by atoms with Crippen LogP contribution in [0.2, 0.25) is 0 Å². The highest BCUT2D eigenvalue weighted by Gasteiger charge is 2.36. The molecule has 1 aromatic rings. The molecule has 5 heteroatoms. The number of hydrogen-bond donors (Lipinski definition) is 1. The van der Waals surface area contributed by atoms with Gasteiger partial charge in [0, 0.05) is 19.0 Å².